The van der Waals surface area contributed by atoms with Crippen molar-refractivity contribution >= 4 is 11.9 Å². The fourth-order valence-corrected chi connectivity index (χ4v) is 4.18. The summed E-state index contributed by atoms with van der Waals surface area (Å²) in [5.41, 5.74) is 1.32. The molecule has 2 N–H and O–H groups in total. The van der Waals surface area contributed by atoms with Crippen LogP contribution in [0.1, 0.15) is 36.8 Å². The molecule has 2 aromatic rings. The topological polar surface area (TPSA) is 107 Å². The van der Waals surface area contributed by atoms with E-state index in [0.717, 1.165) is 31.0 Å². The van der Waals surface area contributed by atoms with E-state index in [2.05, 4.69) is 39.9 Å². The number of alkyl halides is 6. The molecule has 2 saturated heterocycles. The second-order valence-corrected chi connectivity index (χ2v) is 8.34. The first-order valence-corrected chi connectivity index (χ1v) is 11.3. The number of carboxylic acid groups (broad SMARTS) is 2. The molecule has 2 aliphatic rings. The molecule has 2 fully saturated rings. The third-order valence-electron chi connectivity index (χ3n) is 5.82. The van der Waals surface area contributed by atoms with Crippen LogP contribution in [0, 0.1) is 0 Å². The Kier molecular flexibility index (Phi) is 10.5. The number of hydrogen-bond donors (Lipinski definition) is 2. The molecule has 2 atom stereocenters. The van der Waals surface area contributed by atoms with Crippen molar-refractivity contribution in [2.75, 3.05) is 13.1 Å². The molecule has 0 amide bonds. The zero-order chi connectivity index (χ0) is 27.8. The zero-order valence-corrected chi connectivity index (χ0v) is 19.8. The number of hydrogen-bond acceptors (Lipinski definition) is 6. The van der Waals surface area contributed by atoms with Gasteiger partial charge in [-0.15, -0.1) is 0 Å². The zero-order valence-electron chi connectivity index (χ0n) is 19.8. The lowest BCUT2D eigenvalue weighted by Gasteiger charge is -2.25. The fraction of sp³-hybridized carbons (Fsp3) is 0.522. The summed E-state index contributed by atoms with van der Waals surface area (Å²) in [5.74, 6) is -3.30. The van der Waals surface area contributed by atoms with E-state index in [9.17, 15) is 26.3 Å². The third kappa shape index (κ3) is 9.35. The molecule has 0 unspecified atom stereocenters. The molecule has 4 heterocycles. The molecule has 14 heteroatoms. The smallest absolute Gasteiger partial charge is 0.475 e. The molecule has 4 rings (SSSR count). The van der Waals surface area contributed by atoms with Crippen LogP contribution in [0.15, 0.2) is 41.1 Å². The summed E-state index contributed by atoms with van der Waals surface area (Å²) in [6.45, 7) is 6.51. The minimum absolute atomic E-state index is 0.682. The summed E-state index contributed by atoms with van der Waals surface area (Å²) in [4.78, 5) is 27.3. The normalized spacial score (nSPS) is 19.9. The van der Waals surface area contributed by atoms with Crippen molar-refractivity contribution in [3.63, 3.8) is 0 Å². The van der Waals surface area contributed by atoms with Crippen molar-refractivity contribution in [3.8, 4) is 0 Å². The van der Waals surface area contributed by atoms with Crippen LogP contribution in [0.4, 0.5) is 26.3 Å². The number of rotatable bonds is 5. The average molecular weight is 539 g/mol. The van der Waals surface area contributed by atoms with Crippen LogP contribution in [-0.2, 0) is 29.1 Å². The lowest BCUT2D eigenvalue weighted by molar-refractivity contribution is -0.193. The lowest BCUT2D eigenvalue weighted by Crippen LogP contribution is -2.35. The molecular weight excluding hydrogens is 512 g/mol. The van der Waals surface area contributed by atoms with Crippen LogP contribution in [0.5, 0.6) is 0 Å². The largest absolute Gasteiger partial charge is 0.490 e. The van der Waals surface area contributed by atoms with Crippen molar-refractivity contribution < 1.29 is 50.6 Å². The second-order valence-electron chi connectivity index (χ2n) is 8.34. The summed E-state index contributed by atoms with van der Waals surface area (Å²) in [6, 6.07) is 9.85. The molecule has 37 heavy (non-hydrogen) atoms. The van der Waals surface area contributed by atoms with Gasteiger partial charge in [-0.1, -0.05) is 13.0 Å². The Morgan fingerprint density at radius 1 is 0.919 bits per heavy atom. The Bertz CT molecular complexity index is 988. The second kappa shape index (κ2) is 12.9. The number of halogens is 6. The van der Waals surface area contributed by atoms with Crippen LogP contribution in [0.2, 0.25) is 0 Å². The van der Waals surface area contributed by atoms with Crippen LogP contribution < -0.4 is 0 Å². The van der Waals surface area contributed by atoms with Gasteiger partial charge < -0.3 is 14.6 Å². The van der Waals surface area contributed by atoms with Crippen LogP contribution in [-0.4, -0.2) is 74.5 Å². The monoisotopic (exact) mass is 539 g/mol. The highest BCUT2D eigenvalue weighted by atomic mass is 19.4. The Morgan fingerprint density at radius 2 is 1.41 bits per heavy atom. The minimum Gasteiger partial charge on any atom is -0.475 e. The number of aryl methyl sites for hydroxylation is 1. The van der Waals surface area contributed by atoms with Gasteiger partial charge in [-0.3, -0.25) is 14.8 Å². The van der Waals surface area contributed by atoms with Gasteiger partial charge in [-0.25, -0.2) is 9.59 Å². The Labute approximate surface area is 208 Å². The standard InChI is InChI=1S/C19H25N3O.2C2HF3O2/c1-2-16-5-6-17(23-16)14-22-11-8-18-19(22)7-10-21(18)13-15-4-3-9-20-12-15;2*3-2(4,5)1(6)7/h3-6,9,12,18-19H,2,7-8,10-11,13-14H2,1H3;2*(H,6,7)/t18-,19+;;/m0../s1. The Balaban J connectivity index is 0.000000286. The van der Waals surface area contributed by atoms with Gasteiger partial charge in [0.1, 0.15) is 11.5 Å². The maximum absolute atomic E-state index is 10.6. The number of aromatic nitrogens is 1. The number of pyridine rings is 1. The van der Waals surface area contributed by atoms with E-state index < -0.39 is 24.3 Å². The molecule has 0 bridgehead atoms. The molecule has 0 radical (unpaired) electrons. The van der Waals surface area contributed by atoms with Crippen LogP contribution >= 0.6 is 0 Å². The number of carboxylic acids is 2. The number of nitrogens with zero attached hydrogens (tertiary/aromatic N) is 3. The first-order valence-electron chi connectivity index (χ1n) is 11.3. The SMILES string of the molecule is CCc1ccc(CN2CC[C@H]3[C@H]2CCN3Cc2cccnc2)o1.O=C(O)C(F)(F)F.O=C(O)C(F)(F)F. The highest BCUT2D eigenvalue weighted by Gasteiger charge is 2.42. The molecule has 2 aliphatic heterocycles. The van der Waals surface area contributed by atoms with Gasteiger partial charge >= 0.3 is 24.3 Å². The van der Waals surface area contributed by atoms with Gasteiger partial charge in [0.05, 0.1) is 6.54 Å². The van der Waals surface area contributed by atoms with E-state index in [1.807, 2.05) is 18.5 Å². The Morgan fingerprint density at radius 3 is 1.81 bits per heavy atom. The number of fused-ring (bicyclic) bond motifs is 1. The van der Waals surface area contributed by atoms with Gasteiger partial charge in [0.25, 0.3) is 0 Å². The highest BCUT2D eigenvalue weighted by Crippen LogP contribution is 2.33. The number of likely N-dealkylation sites (tertiary alicyclic amines) is 2. The van der Waals surface area contributed by atoms with E-state index in [4.69, 9.17) is 24.2 Å². The molecular formula is C23H27F6N3O5. The molecule has 206 valence electrons. The molecule has 0 aliphatic carbocycles. The van der Waals surface area contributed by atoms with Gasteiger partial charge in [0, 0.05) is 50.5 Å². The van der Waals surface area contributed by atoms with Crippen molar-refractivity contribution in [1.82, 2.24) is 14.8 Å². The molecule has 8 nitrogen and oxygen atoms in total. The summed E-state index contributed by atoms with van der Waals surface area (Å²) in [5, 5.41) is 14.2. The fourth-order valence-electron chi connectivity index (χ4n) is 4.18. The molecule has 0 aromatic carbocycles. The summed E-state index contributed by atoms with van der Waals surface area (Å²) >= 11 is 0. The minimum atomic E-state index is -5.08. The quantitative estimate of drug-likeness (QED) is 0.541. The van der Waals surface area contributed by atoms with Gasteiger partial charge in [0.15, 0.2) is 0 Å². The predicted molar refractivity (Wildman–Crippen MR) is 117 cm³/mol. The number of aliphatic carboxylic acids is 2. The maximum atomic E-state index is 10.6. The van der Waals surface area contributed by atoms with E-state index >= 15 is 0 Å². The summed E-state index contributed by atoms with van der Waals surface area (Å²) < 4.78 is 69.4. The van der Waals surface area contributed by atoms with Crippen molar-refractivity contribution in [3.05, 3.63) is 53.7 Å². The van der Waals surface area contributed by atoms with Crippen molar-refractivity contribution in [1.29, 1.82) is 0 Å². The third-order valence-corrected chi connectivity index (χ3v) is 5.82. The molecule has 2 aromatic heterocycles. The van der Waals surface area contributed by atoms with Crippen LogP contribution in [0.25, 0.3) is 0 Å². The average Bonchev–Trinajstić information content (AvgIpc) is 3.53. The van der Waals surface area contributed by atoms with Crippen LogP contribution in [0.3, 0.4) is 0 Å². The van der Waals surface area contributed by atoms with E-state index in [-0.39, 0.29) is 0 Å². The Hall–Kier alpha value is -3.13. The van der Waals surface area contributed by atoms with E-state index in [1.165, 1.54) is 31.5 Å². The lowest BCUT2D eigenvalue weighted by atomic mass is 10.1. The summed E-state index contributed by atoms with van der Waals surface area (Å²) in [6.07, 6.45) is -2.81. The van der Waals surface area contributed by atoms with Gasteiger partial charge in [0.2, 0.25) is 0 Å². The highest BCUT2D eigenvalue weighted by molar-refractivity contribution is 5.73. The first-order chi connectivity index (χ1) is 17.2. The van der Waals surface area contributed by atoms with Crippen molar-refractivity contribution in [2.45, 2.75) is 63.7 Å². The molecule has 0 saturated carbocycles. The van der Waals surface area contributed by atoms with E-state index in [0.29, 0.717) is 12.1 Å². The predicted octanol–water partition coefficient (Wildman–Crippen LogP) is 4.35. The molecule has 0 spiro atoms. The summed E-state index contributed by atoms with van der Waals surface area (Å²) in [7, 11) is 0. The maximum Gasteiger partial charge on any atom is 0.490 e. The van der Waals surface area contributed by atoms with E-state index in [1.54, 1.807) is 0 Å². The number of furan rings is 1. The van der Waals surface area contributed by atoms with Gasteiger partial charge in [-0.2, -0.15) is 26.3 Å². The number of carbonyl (C=O) groups is 2. The van der Waals surface area contributed by atoms with Gasteiger partial charge in [-0.05, 0) is 36.6 Å². The first kappa shape index (κ1) is 30.1. The van der Waals surface area contributed by atoms with Crippen molar-refractivity contribution in [2.24, 2.45) is 0 Å².